The summed E-state index contributed by atoms with van der Waals surface area (Å²) in [4.78, 5) is 4.02. The molecule has 0 saturated heterocycles. The minimum Gasteiger partial charge on any atom is -0.378 e. The molecule has 2 unspecified atom stereocenters. The van der Waals surface area contributed by atoms with Gasteiger partial charge < -0.3 is 20.0 Å². The standard InChI is InChI=1S/C30H32N2O2/c1-31(2)27-19-15-25(16-20-27)29(33,23-11-7-5-8-12-23)30(34,24-13-9-6-10-14-24)26-17-21-28(22-18-26)32(3)4/h5-22,33-34H,1-4H3. The molecule has 4 rings (SSSR count). The number of benzene rings is 4. The molecule has 174 valence electrons. The first-order valence-corrected chi connectivity index (χ1v) is 11.4. The fourth-order valence-corrected chi connectivity index (χ4v) is 4.53. The molecule has 0 spiro atoms. The lowest BCUT2D eigenvalue weighted by Crippen LogP contribution is -2.51. The van der Waals surface area contributed by atoms with Gasteiger partial charge >= 0.3 is 0 Å². The molecule has 0 aliphatic rings. The normalized spacial score (nSPS) is 14.6. The predicted octanol–water partition coefficient (Wildman–Crippen LogP) is 4.99. The first kappa shape index (κ1) is 23.6. The number of rotatable bonds is 7. The fraction of sp³-hybridized carbons (Fsp3) is 0.200. The largest absolute Gasteiger partial charge is 0.378 e. The molecule has 2 N–H and O–H groups in total. The molecule has 4 aromatic rings. The van der Waals surface area contributed by atoms with Gasteiger partial charge in [0.05, 0.1) is 0 Å². The van der Waals surface area contributed by atoms with Crippen LogP contribution in [0.1, 0.15) is 22.3 Å². The van der Waals surface area contributed by atoms with Crippen LogP contribution in [0.3, 0.4) is 0 Å². The van der Waals surface area contributed by atoms with Gasteiger partial charge in [0.15, 0.2) is 11.2 Å². The Morgan fingerprint density at radius 1 is 0.412 bits per heavy atom. The summed E-state index contributed by atoms with van der Waals surface area (Å²) in [5.74, 6) is 0. The molecular weight excluding hydrogens is 420 g/mol. The van der Waals surface area contributed by atoms with Crippen molar-refractivity contribution in [3.63, 3.8) is 0 Å². The maximum atomic E-state index is 12.7. The van der Waals surface area contributed by atoms with Crippen molar-refractivity contribution in [3.05, 3.63) is 131 Å². The molecular formula is C30H32N2O2. The van der Waals surface area contributed by atoms with Crippen molar-refractivity contribution in [2.45, 2.75) is 11.2 Å². The van der Waals surface area contributed by atoms with Crippen molar-refractivity contribution in [3.8, 4) is 0 Å². The van der Waals surface area contributed by atoms with E-state index >= 15 is 0 Å². The van der Waals surface area contributed by atoms with Gasteiger partial charge in [0, 0.05) is 39.6 Å². The Morgan fingerprint density at radius 2 is 0.676 bits per heavy atom. The summed E-state index contributed by atoms with van der Waals surface area (Å²) in [7, 11) is 7.91. The third kappa shape index (κ3) is 3.96. The molecule has 34 heavy (non-hydrogen) atoms. The van der Waals surface area contributed by atoms with Gasteiger partial charge in [0.25, 0.3) is 0 Å². The van der Waals surface area contributed by atoms with Crippen LogP contribution in [0.4, 0.5) is 11.4 Å². The van der Waals surface area contributed by atoms with E-state index < -0.39 is 11.2 Å². The summed E-state index contributed by atoms with van der Waals surface area (Å²) in [6, 6.07) is 34.2. The molecule has 4 aromatic carbocycles. The van der Waals surface area contributed by atoms with E-state index in [1.165, 1.54) is 0 Å². The molecule has 0 saturated carbocycles. The molecule has 4 heteroatoms. The highest BCUT2D eigenvalue weighted by Gasteiger charge is 2.54. The van der Waals surface area contributed by atoms with Gasteiger partial charge in [-0.05, 0) is 46.5 Å². The molecule has 0 radical (unpaired) electrons. The average molecular weight is 453 g/mol. The van der Waals surface area contributed by atoms with Gasteiger partial charge in [-0.2, -0.15) is 0 Å². The minimum atomic E-state index is -1.76. The van der Waals surface area contributed by atoms with Crippen LogP contribution < -0.4 is 9.80 Å². The Labute approximate surface area is 202 Å². The van der Waals surface area contributed by atoms with E-state index in [2.05, 4.69) is 0 Å². The first-order chi connectivity index (χ1) is 16.3. The molecule has 0 aliphatic carbocycles. The molecule has 0 fully saturated rings. The number of aliphatic hydroxyl groups is 2. The van der Waals surface area contributed by atoms with Crippen LogP contribution in [0, 0.1) is 0 Å². The molecule has 4 nitrogen and oxygen atoms in total. The molecule has 0 heterocycles. The monoisotopic (exact) mass is 452 g/mol. The highest BCUT2D eigenvalue weighted by atomic mass is 16.4. The van der Waals surface area contributed by atoms with E-state index in [1.54, 1.807) is 0 Å². The second-order valence-electron chi connectivity index (χ2n) is 9.04. The lowest BCUT2D eigenvalue weighted by Gasteiger charge is -2.45. The van der Waals surface area contributed by atoms with Crippen molar-refractivity contribution in [1.29, 1.82) is 0 Å². The summed E-state index contributed by atoms with van der Waals surface area (Å²) < 4.78 is 0. The molecule has 0 aromatic heterocycles. The Morgan fingerprint density at radius 3 is 0.941 bits per heavy atom. The Kier molecular flexibility index (Phi) is 6.47. The lowest BCUT2D eigenvalue weighted by atomic mass is 9.66. The second-order valence-corrected chi connectivity index (χ2v) is 9.04. The molecule has 0 aliphatic heterocycles. The van der Waals surface area contributed by atoms with Crippen molar-refractivity contribution in [1.82, 2.24) is 0 Å². The summed E-state index contributed by atoms with van der Waals surface area (Å²) in [6.45, 7) is 0. The van der Waals surface area contributed by atoms with Crippen LogP contribution in [0.2, 0.25) is 0 Å². The zero-order chi connectivity index (χ0) is 24.3. The van der Waals surface area contributed by atoms with E-state index in [1.807, 2.05) is 147 Å². The van der Waals surface area contributed by atoms with Crippen LogP contribution in [0.5, 0.6) is 0 Å². The van der Waals surface area contributed by atoms with Crippen LogP contribution in [-0.2, 0) is 11.2 Å². The van der Waals surface area contributed by atoms with Crippen LogP contribution in [0.25, 0.3) is 0 Å². The third-order valence-corrected chi connectivity index (χ3v) is 6.51. The van der Waals surface area contributed by atoms with Gasteiger partial charge in [-0.15, -0.1) is 0 Å². The topological polar surface area (TPSA) is 46.9 Å². The van der Waals surface area contributed by atoms with E-state index in [0.717, 1.165) is 11.4 Å². The smallest absolute Gasteiger partial charge is 0.152 e. The molecule has 0 bridgehead atoms. The molecule has 2 atom stereocenters. The number of anilines is 2. The van der Waals surface area contributed by atoms with Crippen LogP contribution in [-0.4, -0.2) is 38.4 Å². The SMILES string of the molecule is CN(C)c1ccc(C(O)(c2ccccc2)C(O)(c2ccccc2)c2ccc(N(C)C)cc2)cc1. The number of nitrogens with zero attached hydrogens (tertiary/aromatic N) is 2. The van der Waals surface area contributed by atoms with Crippen LogP contribution in [0.15, 0.2) is 109 Å². The third-order valence-electron chi connectivity index (χ3n) is 6.51. The van der Waals surface area contributed by atoms with E-state index in [4.69, 9.17) is 0 Å². The second kappa shape index (κ2) is 9.34. The molecule has 0 amide bonds. The van der Waals surface area contributed by atoms with Gasteiger partial charge in [0.1, 0.15) is 0 Å². The van der Waals surface area contributed by atoms with Crippen molar-refractivity contribution in [2.75, 3.05) is 38.0 Å². The minimum absolute atomic E-state index is 0.604. The highest BCUT2D eigenvalue weighted by Crippen LogP contribution is 2.50. The van der Waals surface area contributed by atoms with Crippen molar-refractivity contribution >= 4 is 11.4 Å². The number of hydrogen-bond donors (Lipinski definition) is 2. The Balaban J connectivity index is 2.03. The van der Waals surface area contributed by atoms with Crippen molar-refractivity contribution in [2.24, 2.45) is 0 Å². The zero-order valence-corrected chi connectivity index (χ0v) is 20.2. The maximum absolute atomic E-state index is 12.7. The lowest BCUT2D eigenvalue weighted by molar-refractivity contribution is -0.113. The summed E-state index contributed by atoms with van der Waals surface area (Å²) in [5, 5.41) is 25.4. The zero-order valence-electron chi connectivity index (χ0n) is 20.2. The van der Waals surface area contributed by atoms with Gasteiger partial charge in [-0.25, -0.2) is 0 Å². The van der Waals surface area contributed by atoms with E-state index in [-0.39, 0.29) is 0 Å². The van der Waals surface area contributed by atoms with Gasteiger partial charge in [-0.1, -0.05) is 84.9 Å². The van der Waals surface area contributed by atoms with Gasteiger partial charge in [-0.3, -0.25) is 0 Å². The van der Waals surface area contributed by atoms with E-state index in [0.29, 0.717) is 22.3 Å². The highest BCUT2D eigenvalue weighted by molar-refractivity contribution is 5.56. The maximum Gasteiger partial charge on any atom is 0.152 e. The predicted molar refractivity (Wildman–Crippen MR) is 140 cm³/mol. The van der Waals surface area contributed by atoms with Gasteiger partial charge in [0.2, 0.25) is 0 Å². The Bertz CT molecular complexity index is 1110. The Hall–Kier alpha value is -3.60. The van der Waals surface area contributed by atoms with Crippen molar-refractivity contribution < 1.29 is 10.2 Å². The number of hydrogen-bond acceptors (Lipinski definition) is 4. The quantitative estimate of drug-likeness (QED) is 0.415. The van der Waals surface area contributed by atoms with Crippen LogP contribution >= 0.6 is 0 Å². The summed E-state index contributed by atoms with van der Waals surface area (Å²) >= 11 is 0. The first-order valence-electron chi connectivity index (χ1n) is 11.4. The summed E-state index contributed by atoms with van der Waals surface area (Å²) in [5.41, 5.74) is 0.918. The fourth-order valence-electron chi connectivity index (χ4n) is 4.53. The average Bonchev–Trinajstić information content (AvgIpc) is 2.88. The summed E-state index contributed by atoms with van der Waals surface area (Å²) in [6.07, 6.45) is 0. The van der Waals surface area contributed by atoms with E-state index in [9.17, 15) is 10.2 Å².